The molecule has 0 heterocycles. The minimum absolute atomic E-state index is 0.0530. The van der Waals surface area contributed by atoms with Gasteiger partial charge in [-0.1, -0.05) is 13.8 Å². The molecule has 0 aromatic carbocycles. The first kappa shape index (κ1) is 9.92. The van der Waals surface area contributed by atoms with Crippen LogP contribution in [0.4, 0.5) is 0 Å². The van der Waals surface area contributed by atoms with Crippen molar-refractivity contribution in [3.63, 3.8) is 0 Å². The van der Waals surface area contributed by atoms with Crippen LogP contribution in [-0.2, 0) is 4.79 Å². The van der Waals surface area contributed by atoms with Crippen LogP contribution in [0.15, 0.2) is 0 Å². The molecule has 0 rings (SSSR count). The van der Waals surface area contributed by atoms with E-state index in [2.05, 4.69) is 5.32 Å². The molecule has 0 aliphatic heterocycles. The molecule has 1 amide bonds. The smallest absolute Gasteiger partial charge is 0.249 e. The number of amides is 1. The van der Waals surface area contributed by atoms with Crippen molar-refractivity contribution in [2.24, 2.45) is 5.92 Å². The minimum Gasteiger partial charge on any atom is -0.383 e. The van der Waals surface area contributed by atoms with Gasteiger partial charge in [-0.25, -0.2) is 0 Å². The molecule has 0 fully saturated rings. The van der Waals surface area contributed by atoms with Crippen LogP contribution >= 0.6 is 0 Å². The monoisotopic (exact) mass is 156 g/mol. The summed E-state index contributed by atoms with van der Waals surface area (Å²) in [6, 6.07) is 1.75. The normalized spacial score (nSPS) is 12.3. The molecule has 0 aliphatic carbocycles. The summed E-state index contributed by atoms with van der Waals surface area (Å²) >= 11 is 0. The van der Waals surface area contributed by atoms with E-state index in [0.717, 1.165) is 0 Å². The molecule has 0 aromatic heterocycles. The Kier molecular flexibility index (Phi) is 4.23. The molecule has 4 heteroatoms. The second-order valence-corrected chi connectivity index (χ2v) is 2.56. The van der Waals surface area contributed by atoms with Gasteiger partial charge >= 0.3 is 0 Å². The van der Waals surface area contributed by atoms with E-state index in [4.69, 9.17) is 10.4 Å². The van der Waals surface area contributed by atoms with Gasteiger partial charge < -0.3 is 10.4 Å². The van der Waals surface area contributed by atoms with Gasteiger partial charge in [-0.05, 0) is 5.92 Å². The van der Waals surface area contributed by atoms with Crippen molar-refractivity contribution in [3.8, 4) is 6.07 Å². The van der Waals surface area contributed by atoms with Gasteiger partial charge in [0.05, 0.1) is 6.07 Å². The van der Waals surface area contributed by atoms with E-state index in [-0.39, 0.29) is 12.5 Å². The van der Waals surface area contributed by atoms with Gasteiger partial charge in [0.15, 0.2) is 0 Å². The van der Waals surface area contributed by atoms with E-state index in [1.165, 1.54) is 0 Å². The number of rotatable bonds is 3. The molecule has 0 spiro atoms. The Morgan fingerprint density at radius 3 is 2.64 bits per heavy atom. The van der Waals surface area contributed by atoms with Gasteiger partial charge in [0.25, 0.3) is 0 Å². The lowest BCUT2D eigenvalue weighted by Gasteiger charge is -2.12. The van der Waals surface area contributed by atoms with Gasteiger partial charge in [-0.3, -0.25) is 4.79 Å². The number of aliphatic hydroxyl groups excluding tert-OH is 1. The lowest BCUT2D eigenvalue weighted by molar-refractivity contribution is -0.131. The first-order chi connectivity index (χ1) is 5.09. The minimum atomic E-state index is -1.01. The lowest BCUT2D eigenvalue weighted by Crippen LogP contribution is -2.37. The summed E-state index contributed by atoms with van der Waals surface area (Å²) < 4.78 is 0. The van der Waals surface area contributed by atoms with Crippen LogP contribution in [0.3, 0.4) is 0 Å². The molecule has 0 aliphatic rings. The van der Waals surface area contributed by atoms with Crippen molar-refractivity contribution in [2.45, 2.75) is 20.0 Å². The van der Waals surface area contributed by atoms with Gasteiger partial charge in [0.2, 0.25) is 5.91 Å². The van der Waals surface area contributed by atoms with E-state index in [1.54, 1.807) is 19.9 Å². The third-order valence-electron chi connectivity index (χ3n) is 1.24. The molecule has 2 N–H and O–H groups in total. The molecule has 0 bridgehead atoms. The van der Waals surface area contributed by atoms with Crippen LogP contribution in [0.5, 0.6) is 0 Å². The second-order valence-electron chi connectivity index (χ2n) is 2.56. The van der Waals surface area contributed by atoms with Crippen molar-refractivity contribution in [1.82, 2.24) is 5.32 Å². The highest BCUT2D eigenvalue weighted by atomic mass is 16.3. The number of aliphatic hydroxyl groups is 1. The van der Waals surface area contributed by atoms with Crippen molar-refractivity contribution < 1.29 is 9.90 Å². The Morgan fingerprint density at radius 1 is 1.73 bits per heavy atom. The number of hydrogen-bond donors (Lipinski definition) is 2. The van der Waals surface area contributed by atoms with Crippen molar-refractivity contribution >= 4 is 5.91 Å². The summed E-state index contributed by atoms with van der Waals surface area (Å²) in [6.45, 7) is 3.41. The summed E-state index contributed by atoms with van der Waals surface area (Å²) in [4.78, 5) is 10.8. The van der Waals surface area contributed by atoms with Crippen LogP contribution in [0, 0.1) is 17.2 Å². The highest BCUT2D eigenvalue weighted by Crippen LogP contribution is 1.99. The molecule has 0 unspecified atom stereocenters. The first-order valence-electron chi connectivity index (χ1n) is 3.42. The molecule has 11 heavy (non-hydrogen) atoms. The maximum atomic E-state index is 10.8. The van der Waals surface area contributed by atoms with Gasteiger partial charge in [-0.15, -0.1) is 0 Å². The molecule has 1 atom stereocenters. The highest BCUT2D eigenvalue weighted by molar-refractivity contribution is 5.80. The van der Waals surface area contributed by atoms with Gasteiger partial charge in [-0.2, -0.15) is 5.26 Å². The summed E-state index contributed by atoms with van der Waals surface area (Å²) in [5.41, 5.74) is 0. The quantitative estimate of drug-likeness (QED) is 0.548. The van der Waals surface area contributed by atoms with Crippen molar-refractivity contribution in [3.05, 3.63) is 0 Å². The van der Waals surface area contributed by atoms with Gasteiger partial charge in [0, 0.05) is 0 Å². The van der Waals surface area contributed by atoms with E-state index in [1.807, 2.05) is 0 Å². The maximum absolute atomic E-state index is 10.8. The van der Waals surface area contributed by atoms with Crippen LogP contribution in [-0.4, -0.2) is 23.7 Å². The number of carbonyl (C=O) groups excluding carboxylic acids is 1. The lowest BCUT2D eigenvalue weighted by atomic mass is 10.1. The fourth-order valence-corrected chi connectivity index (χ4v) is 0.534. The van der Waals surface area contributed by atoms with Crippen LogP contribution in [0.2, 0.25) is 0 Å². The molecule has 0 radical (unpaired) electrons. The zero-order valence-electron chi connectivity index (χ0n) is 6.66. The maximum Gasteiger partial charge on any atom is 0.249 e. The van der Waals surface area contributed by atoms with Gasteiger partial charge in [0.1, 0.15) is 12.6 Å². The van der Waals surface area contributed by atoms with Crippen LogP contribution < -0.4 is 5.32 Å². The van der Waals surface area contributed by atoms with Crippen molar-refractivity contribution in [1.29, 1.82) is 5.26 Å². The standard InChI is InChI=1S/C7H12N2O2/c1-5(2)6(10)7(11)9-4-3-8/h5-6,10H,4H2,1-2H3,(H,9,11)/t6-/m1/s1. The Hall–Kier alpha value is -1.08. The summed E-state index contributed by atoms with van der Waals surface area (Å²) in [5, 5.41) is 19.5. The Bertz CT molecular complexity index is 172. The third kappa shape index (κ3) is 3.58. The Balaban J connectivity index is 3.76. The second kappa shape index (κ2) is 4.69. The Morgan fingerprint density at radius 2 is 2.27 bits per heavy atom. The Labute approximate surface area is 65.8 Å². The largest absolute Gasteiger partial charge is 0.383 e. The van der Waals surface area contributed by atoms with E-state index in [9.17, 15) is 4.79 Å². The third-order valence-corrected chi connectivity index (χ3v) is 1.24. The molecule has 4 nitrogen and oxygen atoms in total. The van der Waals surface area contributed by atoms with Crippen LogP contribution in [0.25, 0.3) is 0 Å². The van der Waals surface area contributed by atoms with Crippen LogP contribution in [0.1, 0.15) is 13.8 Å². The molecule has 62 valence electrons. The summed E-state index contributed by atoms with van der Waals surface area (Å²) in [6.07, 6.45) is -1.01. The van der Waals surface area contributed by atoms with E-state index < -0.39 is 12.0 Å². The molecule has 0 aromatic rings. The first-order valence-corrected chi connectivity index (χ1v) is 3.42. The average molecular weight is 156 g/mol. The predicted octanol–water partition coefficient (Wildman–Crippen LogP) is -0.357. The summed E-state index contributed by atoms with van der Waals surface area (Å²) in [7, 11) is 0. The average Bonchev–Trinajstić information content (AvgIpc) is 1.98. The molecule has 0 saturated heterocycles. The predicted molar refractivity (Wildman–Crippen MR) is 39.5 cm³/mol. The highest BCUT2D eigenvalue weighted by Gasteiger charge is 2.17. The number of nitriles is 1. The number of hydrogen-bond acceptors (Lipinski definition) is 3. The SMILES string of the molecule is CC(C)[C@@H](O)C(=O)NCC#N. The zero-order valence-corrected chi connectivity index (χ0v) is 6.66. The molecule has 0 saturated carbocycles. The van der Waals surface area contributed by atoms with E-state index >= 15 is 0 Å². The fraction of sp³-hybridized carbons (Fsp3) is 0.714. The van der Waals surface area contributed by atoms with Crippen molar-refractivity contribution in [2.75, 3.05) is 6.54 Å². The molecular weight excluding hydrogens is 144 g/mol. The zero-order chi connectivity index (χ0) is 8.85. The number of carbonyl (C=O) groups is 1. The fourth-order valence-electron chi connectivity index (χ4n) is 0.534. The topological polar surface area (TPSA) is 73.1 Å². The summed E-state index contributed by atoms with van der Waals surface area (Å²) in [5.74, 6) is -0.602. The number of nitrogens with one attached hydrogen (secondary N) is 1. The van der Waals surface area contributed by atoms with E-state index in [0.29, 0.717) is 0 Å². The number of nitrogens with zero attached hydrogens (tertiary/aromatic N) is 1. The molecular formula is C7H12N2O2.